The molecule has 0 radical (unpaired) electrons. The number of anilines is 2. The molecule has 0 aliphatic carbocycles. The first-order valence-corrected chi connectivity index (χ1v) is 8.39. The largest absolute Gasteiger partial charge is 0.573 e. The predicted octanol–water partition coefficient (Wildman–Crippen LogP) is 3.92. The summed E-state index contributed by atoms with van der Waals surface area (Å²) >= 11 is 0. The van der Waals surface area contributed by atoms with E-state index in [4.69, 9.17) is 10.5 Å². The Morgan fingerprint density at radius 3 is 2.54 bits per heavy atom. The number of carbonyl (C=O) groups is 2. The average Bonchev–Trinajstić information content (AvgIpc) is 2.59. The second-order valence-corrected chi connectivity index (χ2v) is 5.76. The number of aryl methyl sites for hydroxylation is 1. The van der Waals surface area contributed by atoms with Gasteiger partial charge >= 0.3 is 12.3 Å². The summed E-state index contributed by atoms with van der Waals surface area (Å²) in [5.41, 5.74) is 6.80. The van der Waals surface area contributed by atoms with Gasteiger partial charge in [-0.15, -0.1) is 13.2 Å². The fourth-order valence-corrected chi connectivity index (χ4v) is 2.43. The molecule has 0 heterocycles. The van der Waals surface area contributed by atoms with Crippen LogP contribution in [0.25, 0.3) is 0 Å². The quantitative estimate of drug-likeness (QED) is 0.547. The zero-order valence-electron chi connectivity index (χ0n) is 15.0. The molecule has 2 aromatic rings. The topological polar surface area (TPSA) is 90.6 Å². The Bertz CT molecular complexity index is 853. The van der Waals surface area contributed by atoms with Crippen LogP contribution in [-0.2, 0) is 16.0 Å². The maximum atomic E-state index is 12.4. The van der Waals surface area contributed by atoms with Crippen LogP contribution in [0.5, 0.6) is 5.75 Å². The van der Waals surface area contributed by atoms with Gasteiger partial charge in [0, 0.05) is 23.9 Å². The monoisotopic (exact) mass is 396 g/mol. The number of benzene rings is 2. The van der Waals surface area contributed by atoms with Crippen molar-refractivity contribution in [2.24, 2.45) is 0 Å². The highest BCUT2D eigenvalue weighted by atomic mass is 19.4. The minimum atomic E-state index is -4.85. The van der Waals surface area contributed by atoms with E-state index < -0.39 is 18.0 Å². The third-order valence-corrected chi connectivity index (χ3v) is 3.61. The molecule has 2 rings (SSSR count). The highest BCUT2D eigenvalue weighted by Gasteiger charge is 2.31. The molecule has 2 aromatic carbocycles. The fourth-order valence-electron chi connectivity index (χ4n) is 2.43. The van der Waals surface area contributed by atoms with Gasteiger partial charge in [0.15, 0.2) is 0 Å². The number of esters is 1. The standard InChI is InChI=1S/C19H19F3N2O4/c1-2-27-17(25)9-6-12-4-3-5-13(10-12)24-18(26)15-8-7-14(11-16(15)23)28-19(20,21)22/h3-5,7-8,10-11H,2,6,9,23H2,1H3,(H,24,26). The summed E-state index contributed by atoms with van der Waals surface area (Å²) < 4.78 is 45.4. The molecule has 0 atom stereocenters. The van der Waals surface area contributed by atoms with Gasteiger partial charge in [-0.05, 0) is 43.2 Å². The van der Waals surface area contributed by atoms with E-state index in [1.807, 2.05) is 0 Å². The molecule has 0 aromatic heterocycles. The Morgan fingerprint density at radius 1 is 1.14 bits per heavy atom. The molecule has 1 amide bonds. The van der Waals surface area contributed by atoms with Crippen molar-refractivity contribution in [3.8, 4) is 5.75 Å². The number of carbonyl (C=O) groups excluding carboxylic acids is 2. The van der Waals surface area contributed by atoms with Crippen molar-refractivity contribution in [3.63, 3.8) is 0 Å². The number of hydrogen-bond donors (Lipinski definition) is 2. The average molecular weight is 396 g/mol. The second kappa shape index (κ2) is 9.12. The molecule has 0 aliphatic heterocycles. The molecular weight excluding hydrogens is 377 g/mol. The summed E-state index contributed by atoms with van der Waals surface area (Å²) in [6.07, 6.45) is -4.20. The van der Waals surface area contributed by atoms with Crippen LogP contribution in [0.15, 0.2) is 42.5 Å². The minimum Gasteiger partial charge on any atom is -0.466 e. The van der Waals surface area contributed by atoms with Crippen LogP contribution in [0.2, 0.25) is 0 Å². The van der Waals surface area contributed by atoms with Crippen LogP contribution in [0, 0.1) is 0 Å². The van der Waals surface area contributed by atoms with Gasteiger partial charge in [-0.25, -0.2) is 0 Å². The first-order chi connectivity index (χ1) is 13.2. The number of ether oxygens (including phenoxy) is 2. The fraction of sp³-hybridized carbons (Fsp3) is 0.263. The van der Waals surface area contributed by atoms with Crippen molar-refractivity contribution in [1.29, 1.82) is 0 Å². The van der Waals surface area contributed by atoms with Crippen molar-refractivity contribution in [3.05, 3.63) is 53.6 Å². The van der Waals surface area contributed by atoms with Gasteiger partial charge < -0.3 is 20.5 Å². The summed E-state index contributed by atoms with van der Waals surface area (Å²) in [5.74, 6) is -1.41. The van der Waals surface area contributed by atoms with Gasteiger partial charge in [-0.1, -0.05) is 12.1 Å². The third-order valence-electron chi connectivity index (χ3n) is 3.61. The first kappa shape index (κ1) is 21.1. The van der Waals surface area contributed by atoms with Gasteiger partial charge in [-0.3, -0.25) is 9.59 Å². The zero-order chi connectivity index (χ0) is 20.7. The minimum absolute atomic E-state index is 0.00597. The molecule has 150 valence electrons. The predicted molar refractivity (Wildman–Crippen MR) is 96.9 cm³/mol. The summed E-state index contributed by atoms with van der Waals surface area (Å²) in [6.45, 7) is 2.03. The Hall–Kier alpha value is -3.23. The van der Waals surface area contributed by atoms with Crippen LogP contribution in [0.4, 0.5) is 24.5 Å². The molecule has 0 aliphatic rings. The van der Waals surface area contributed by atoms with Gasteiger partial charge in [-0.2, -0.15) is 0 Å². The number of amides is 1. The van der Waals surface area contributed by atoms with E-state index in [0.29, 0.717) is 18.7 Å². The normalized spacial score (nSPS) is 11.0. The second-order valence-electron chi connectivity index (χ2n) is 5.76. The molecular formula is C19H19F3N2O4. The smallest absolute Gasteiger partial charge is 0.466 e. The summed E-state index contributed by atoms with van der Waals surface area (Å²) in [7, 11) is 0. The lowest BCUT2D eigenvalue weighted by atomic mass is 10.1. The lowest BCUT2D eigenvalue weighted by molar-refractivity contribution is -0.274. The highest BCUT2D eigenvalue weighted by Crippen LogP contribution is 2.26. The molecule has 0 saturated heterocycles. The van der Waals surface area contributed by atoms with Gasteiger partial charge in [0.05, 0.1) is 12.2 Å². The number of alkyl halides is 3. The van der Waals surface area contributed by atoms with E-state index in [2.05, 4.69) is 10.1 Å². The number of nitrogen functional groups attached to an aromatic ring is 1. The lowest BCUT2D eigenvalue weighted by Gasteiger charge is -2.12. The third kappa shape index (κ3) is 6.49. The number of rotatable bonds is 7. The van der Waals surface area contributed by atoms with Crippen molar-refractivity contribution >= 4 is 23.3 Å². The molecule has 0 unspecified atom stereocenters. The van der Waals surface area contributed by atoms with E-state index in [0.717, 1.165) is 23.8 Å². The van der Waals surface area contributed by atoms with Crippen molar-refractivity contribution in [2.75, 3.05) is 17.7 Å². The zero-order valence-corrected chi connectivity index (χ0v) is 15.0. The molecule has 0 fully saturated rings. The van der Waals surface area contributed by atoms with Crippen LogP contribution in [-0.4, -0.2) is 24.8 Å². The van der Waals surface area contributed by atoms with Gasteiger partial charge in [0.25, 0.3) is 5.91 Å². The van der Waals surface area contributed by atoms with Crippen molar-refractivity contribution in [1.82, 2.24) is 0 Å². The maximum absolute atomic E-state index is 12.4. The van der Waals surface area contributed by atoms with E-state index in [1.54, 1.807) is 31.2 Å². The highest BCUT2D eigenvalue weighted by molar-refractivity contribution is 6.07. The maximum Gasteiger partial charge on any atom is 0.573 e. The number of hydrogen-bond acceptors (Lipinski definition) is 5. The molecule has 0 saturated carbocycles. The molecule has 6 nitrogen and oxygen atoms in total. The van der Waals surface area contributed by atoms with Gasteiger partial charge in [0.2, 0.25) is 0 Å². The molecule has 0 bridgehead atoms. The molecule has 9 heteroatoms. The van der Waals surface area contributed by atoms with Crippen molar-refractivity contribution < 1.29 is 32.2 Å². The van der Waals surface area contributed by atoms with E-state index in [-0.39, 0.29) is 23.6 Å². The van der Waals surface area contributed by atoms with Crippen LogP contribution >= 0.6 is 0 Å². The number of halogens is 3. The Kier molecular flexibility index (Phi) is 6.86. The summed E-state index contributed by atoms with van der Waals surface area (Å²) in [6, 6.07) is 9.92. The van der Waals surface area contributed by atoms with Crippen molar-refractivity contribution in [2.45, 2.75) is 26.1 Å². The summed E-state index contributed by atoms with van der Waals surface area (Å²) in [5, 5.41) is 2.62. The summed E-state index contributed by atoms with van der Waals surface area (Å²) in [4.78, 5) is 23.8. The van der Waals surface area contributed by atoms with E-state index >= 15 is 0 Å². The number of nitrogens with one attached hydrogen (secondary N) is 1. The molecule has 28 heavy (non-hydrogen) atoms. The van der Waals surface area contributed by atoms with Crippen LogP contribution in [0.1, 0.15) is 29.3 Å². The lowest BCUT2D eigenvalue weighted by Crippen LogP contribution is -2.18. The Balaban J connectivity index is 2.04. The SMILES string of the molecule is CCOC(=O)CCc1cccc(NC(=O)c2ccc(OC(F)(F)F)cc2N)c1. The van der Waals surface area contributed by atoms with E-state index in [1.165, 1.54) is 0 Å². The first-order valence-electron chi connectivity index (χ1n) is 8.39. The molecule has 3 N–H and O–H groups in total. The number of nitrogens with two attached hydrogens (primary N) is 1. The van der Waals surface area contributed by atoms with E-state index in [9.17, 15) is 22.8 Å². The molecule has 0 spiro atoms. The van der Waals surface area contributed by atoms with Crippen LogP contribution in [0.3, 0.4) is 0 Å². The van der Waals surface area contributed by atoms with Gasteiger partial charge in [0.1, 0.15) is 5.75 Å². The van der Waals surface area contributed by atoms with Crippen LogP contribution < -0.4 is 15.8 Å². The Morgan fingerprint density at radius 2 is 1.89 bits per heavy atom. The Labute approximate surface area is 159 Å².